The number of rotatable bonds is 4. The van der Waals surface area contributed by atoms with Crippen LogP contribution >= 0.6 is 11.8 Å². The van der Waals surface area contributed by atoms with Crippen molar-refractivity contribution in [2.45, 2.75) is 45.3 Å². The van der Waals surface area contributed by atoms with E-state index < -0.39 is 0 Å². The maximum absolute atomic E-state index is 4.71. The van der Waals surface area contributed by atoms with E-state index in [1.54, 1.807) is 0 Å². The summed E-state index contributed by atoms with van der Waals surface area (Å²) in [6, 6.07) is 1.28. The lowest BCUT2D eigenvalue weighted by molar-refractivity contribution is 0.545. The number of hydrogen-bond acceptors (Lipinski definition) is 6. The van der Waals surface area contributed by atoms with Crippen LogP contribution in [0.2, 0.25) is 0 Å². The second-order valence-electron chi connectivity index (χ2n) is 5.14. The van der Waals surface area contributed by atoms with Crippen LogP contribution in [0, 0.1) is 0 Å². The molecule has 2 heterocycles. The summed E-state index contributed by atoms with van der Waals surface area (Å²) < 4.78 is 0. The summed E-state index contributed by atoms with van der Waals surface area (Å²) in [4.78, 5) is 9.06. The van der Waals surface area contributed by atoms with Crippen molar-refractivity contribution in [3.05, 3.63) is 0 Å². The Hall–Kier alpha value is -0.910. The summed E-state index contributed by atoms with van der Waals surface area (Å²) in [5, 5.41) is 11.1. The third-order valence-electron chi connectivity index (χ3n) is 2.81. The molecule has 0 fully saturated rings. The first-order chi connectivity index (χ1) is 8.63. The van der Waals surface area contributed by atoms with Crippen molar-refractivity contribution < 1.29 is 0 Å². The number of amidine groups is 1. The van der Waals surface area contributed by atoms with Gasteiger partial charge in [0.05, 0.1) is 12.6 Å². The maximum Gasteiger partial charge on any atom is 0.191 e. The van der Waals surface area contributed by atoms with Gasteiger partial charge in [0.1, 0.15) is 0 Å². The predicted molar refractivity (Wildman–Crippen MR) is 79.5 cm³/mol. The number of aliphatic imine (C=N–C) groups is 2. The Morgan fingerprint density at radius 2 is 2.22 bits per heavy atom. The molecule has 0 aromatic carbocycles. The minimum atomic E-state index is 0.405. The minimum Gasteiger partial charge on any atom is -0.363 e. The number of hydrogen-bond donors (Lipinski definition) is 3. The summed E-state index contributed by atoms with van der Waals surface area (Å²) in [7, 11) is 0. The van der Waals surface area contributed by atoms with Crippen molar-refractivity contribution in [3.8, 4) is 0 Å². The van der Waals surface area contributed by atoms with E-state index in [1.807, 2.05) is 11.8 Å². The van der Waals surface area contributed by atoms with Crippen molar-refractivity contribution in [2.75, 3.05) is 18.8 Å². The molecule has 0 bridgehead atoms. The summed E-state index contributed by atoms with van der Waals surface area (Å²) >= 11 is 1.83. The average molecular weight is 269 g/mol. The van der Waals surface area contributed by atoms with Crippen molar-refractivity contribution in [3.63, 3.8) is 0 Å². The molecule has 6 heteroatoms. The van der Waals surface area contributed by atoms with Gasteiger partial charge in [-0.15, -0.1) is 0 Å². The fourth-order valence-electron chi connectivity index (χ4n) is 2.06. The van der Waals surface area contributed by atoms with Crippen LogP contribution in [0.1, 0.15) is 27.2 Å². The van der Waals surface area contributed by atoms with Crippen molar-refractivity contribution in [1.82, 2.24) is 16.0 Å². The van der Waals surface area contributed by atoms with E-state index in [9.17, 15) is 0 Å². The molecule has 0 saturated heterocycles. The molecule has 0 spiro atoms. The topological polar surface area (TPSA) is 60.8 Å². The lowest BCUT2D eigenvalue weighted by Crippen LogP contribution is -2.41. The maximum atomic E-state index is 4.71. The van der Waals surface area contributed by atoms with Crippen LogP contribution < -0.4 is 16.0 Å². The van der Waals surface area contributed by atoms with Gasteiger partial charge in [0.25, 0.3) is 0 Å². The highest BCUT2D eigenvalue weighted by molar-refractivity contribution is 8.14. The molecule has 3 N–H and O–H groups in total. The van der Waals surface area contributed by atoms with Crippen LogP contribution in [0.15, 0.2) is 9.98 Å². The molecule has 18 heavy (non-hydrogen) atoms. The summed E-state index contributed by atoms with van der Waals surface area (Å²) in [5.74, 6) is 2.03. The Bertz CT molecular complexity index is 339. The van der Waals surface area contributed by atoms with E-state index in [4.69, 9.17) is 4.99 Å². The zero-order valence-corrected chi connectivity index (χ0v) is 12.2. The molecular weight excluding hydrogens is 246 g/mol. The van der Waals surface area contributed by atoms with Crippen molar-refractivity contribution in [1.29, 1.82) is 0 Å². The Kier molecular flexibility index (Phi) is 4.74. The highest BCUT2D eigenvalue weighted by atomic mass is 32.2. The molecule has 2 aliphatic rings. The summed E-state index contributed by atoms with van der Waals surface area (Å²) in [5.41, 5.74) is 0. The molecule has 0 aromatic heterocycles. The van der Waals surface area contributed by atoms with Crippen LogP contribution in [-0.2, 0) is 0 Å². The first-order valence-corrected chi connectivity index (χ1v) is 7.64. The molecular formula is C12H23N5S. The molecule has 5 nitrogen and oxygen atoms in total. The quantitative estimate of drug-likeness (QED) is 0.706. The lowest BCUT2D eigenvalue weighted by Gasteiger charge is -2.17. The van der Waals surface area contributed by atoms with Gasteiger partial charge in [-0.2, -0.15) is 0 Å². The third kappa shape index (κ3) is 4.08. The lowest BCUT2D eigenvalue weighted by atomic mass is 10.1. The van der Waals surface area contributed by atoms with Gasteiger partial charge in [0.15, 0.2) is 11.1 Å². The van der Waals surface area contributed by atoms with Gasteiger partial charge < -0.3 is 16.0 Å². The average Bonchev–Trinajstić information content (AvgIpc) is 2.89. The van der Waals surface area contributed by atoms with Gasteiger partial charge >= 0.3 is 0 Å². The van der Waals surface area contributed by atoms with Crippen LogP contribution in [0.4, 0.5) is 0 Å². The Morgan fingerprint density at radius 1 is 1.39 bits per heavy atom. The van der Waals surface area contributed by atoms with Crippen LogP contribution in [0.5, 0.6) is 0 Å². The zero-order chi connectivity index (χ0) is 13.0. The smallest absolute Gasteiger partial charge is 0.191 e. The molecule has 0 amide bonds. The largest absolute Gasteiger partial charge is 0.363 e. The SMILES string of the molecule is CC(C)NC1=NC(CC(C)NC2=NCCN2)CS1. The molecule has 2 rings (SSSR count). The van der Waals surface area contributed by atoms with E-state index in [0.29, 0.717) is 18.1 Å². The van der Waals surface area contributed by atoms with E-state index >= 15 is 0 Å². The highest BCUT2D eigenvalue weighted by Gasteiger charge is 2.21. The normalized spacial score (nSPS) is 24.6. The van der Waals surface area contributed by atoms with E-state index in [2.05, 4.69) is 41.7 Å². The second-order valence-corrected chi connectivity index (χ2v) is 6.15. The molecule has 0 radical (unpaired) electrons. The molecule has 2 aliphatic heterocycles. The van der Waals surface area contributed by atoms with Gasteiger partial charge in [0, 0.05) is 24.4 Å². The molecule has 102 valence electrons. The van der Waals surface area contributed by atoms with Crippen LogP contribution in [0.25, 0.3) is 0 Å². The number of nitrogens with zero attached hydrogens (tertiary/aromatic N) is 2. The monoisotopic (exact) mass is 269 g/mol. The molecule has 0 saturated carbocycles. The fourth-order valence-corrected chi connectivity index (χ4v) is 3.16. The Balaban J connectivity index is 1.74. The fraction of sp³-hybridized carbons (Fsp3) is 0.833. The van der Waals surface area contributed by atoms with E-state index in [-0.39, 0.29) is 0 Å². The van der Waals surface area contributed by atoms with Gasteiger partial charge in [0.2, 0.25) is 0 Å². The zero-order valence-electron chi connectivity index (χ0n) is 11.4. The Morgan fingerprint density at radius 3 is 2.89 bits per heavy atom. The standard InChI is InChI=1S/C12H23N5S/c1-8(2)15-12-17-10(7-18-12)6-9(3)16-11-13-4-5-14-11/h8-10H,4-7H2,1-3H3,(H,15,17)(H2,13,14,16). The van der Waals surface area contributed by atoms with Gasteiger partial charge in [-0.05, 0) is 27.2 Å². The number of nitrogens with one attached hydrogen (secondary N) is 3. The van der Waals surface area contributed by atoms with Gasteiger partial charge in [-0.1, -0.05) is 11.8 Å². The first kappa shape index (κ1) is 13.5. The molecule has 2 unspecified atom stereocenters. The second kappa shape index (κ2) is 6.31. The van der Waals surface area contributed by atoms with Gasteiger partial charge in [-0.3, -0.25) is 9.98 Å². The molecule has 2 atom stereocenters. The molecule has 0 aliphatic carbocycles. The number of guanidine groups is 1. The van der Waals surface area contributed by atoms with Crippen LogP contribution in [0.3, 0.4) is 0 Å². The number of thioether (sulfide) groups is 1. The van der Waals surface area contributed by atoms with Crippen molar-refractivity contribution >= 4 is 22.9 Å². The predicted octanol–water partition coefficient (Wildman–Crippen LogP) is 0.783. The van der Waals surface area contributed by atoms with Gasteiger partial charge in [-0.25, -0.2) is 0 Å². The molecule has 0 aromatic rings. The van der Waals surface area contributed by atoms with E-state index in [0.717, 1.165) is 36.4 Å². The van der Waals surface area contributed by atoms with Crippen LogP contribution in [-0.4, -0.2) is 48.1 Å². The first-order valence-electron chi connectivity index (χ1n) is 6.65. The van der Waals surface area contributed by atoms with Crippen molar-refractivity contribution in [2.24, 2.45) is 9.98 Å². The minimum absolute atomic E-state index is 0.405. The summed E-state index contributed by atoms with van der Waals surface area (Å²) in [6.07, 6.45) is 1.05. The summed E-state index contributed by atoms with van der Waals surface area (Å²) in [6.45, 7) is 8.31. The highest BCUT2D eigenvalue weighted by Crippen LogP contribution is 2.20. The Labute approximate surface area is 113 Å². The third-order valence-corrected chi connectivity index (χ3v) is 3.86. The van der Waals surface area contributed by atoms with E-state index in [1.165, 1.54) is 0 Å².